The van der Waals surface area contributed by atoms with E-state index < -0.39 is 0 Å². The topological polar surface area (TPSA) is 18.5 Å². The molecule has 0 spiro atoms. The average Bonchev–Trinajstić information content (AvgIpc) is 2.18. The fourth-order valence-electron chi connectivity index (χ4n) is 1.13. The van der Waals surface area contributed by atoms with Crippen molar-refractivity contribution in [2.24, 2.45) is 5.92 Å². The second kappa shape index (κ2) is 3.18. The fraction of sp³-hybridized carbons (Fsp3) is 1.00. The van der Waals surface area contributed by atoms with Gasteiger partial charge < -0.3 is 9.47 Å². The van der Waals surface area contributed by atoms with Gasteiger partial charge in [-0.2, -0.15) is 0 Å². The zero-order valence-corrected chi connectivity index (χ0v) is 6.09. The van der Waals surface area contributed by atoms with Crippen molar-refractivity contribution in [3.8, 4) is 0 Å². The minimum absolute atomic E-state index is 0.356. The van der Waals surface area contributed by atoms with Crippen LogP contribution in [0.4, 0.5) is 0 Å². The third kappa shape index (κ3) is 1.66. The summed E-state index contributed by atoms with van der Waals surface area (Å²) in [5, 5.41) is 0. The van der Waals surface area contributed by atoms with Gasteiger partial charge >= 0.3 is 0 Å². The summed E-state index contributed by atoms with van der Waals surface area (Å²) >= 11 is 0. The van der Waals surface area contributed by atoms with Gasteiger partial charge in [0.1, 0.15) is 0 Å². The molecule has 54 valence electrons. The molecule has 0 aliphatic carbocycles. The summed E-state index contributed by atoms with van der Waals surface area (Å²) in [6.45, 7) is 3.87. The van der Waals surface area contributed by atoms with Crippen molar-refractivity contribution >= 4 is 0 Å². The first kappa shape index (κ1) is 7.03. The van der Waals surface area contributed by atoms with Crippen LogP contribution < -0.4 is 0 Å². The van der Waals surface area contributed by atoms with Gasteiger partial charge in [0.05, 0.1) is 12.7 Å². The van der Waals surface area contributed by atoms with Gasteiger partial charge in [-0.15, -0.1) is 0 Å². The quantitative estimate of drug-likeness (QED) is 0.556. The number of hydrogen-bond donors (Lipinski definition) is 0. The second-order valence-corrected chi connectivity index (χ2v) is 2.63. The first-order chi connectivity index (χ1) is 4.34. The van der Waals surface area contributed by atoms with Crippen molar-refractivity contribution in [1.29, 1.82) is 0 Å². The van der Waals surface area contributed by atoms with Crippen molar-refractivity contribution in [2.75, 3.05) is 20.3 Å². The molecule has 1 heterocycles. The van der Waals surface area contributed by atoms with Crippen LogP contribution in [0.5, 0.6) is 0 Å². The van der Waals surface area contributed by atoms with Crippen LogP contribution in [0.2, 0.25) is 0 Å². The fourth-order valence-corrected chi connectivity index (χ4v) is 1.13. The second-order valence-electron chi connectivity index (χ2n) is 2.63. The summed E-state index contributed by atoms with van der Waals surface area (Å²) in [5.74, 6) is 0.685. The van der Waals surface area contributed by atoms with Crippen LogP contribution in [0.1, 0.15) is 13.3 Å². The van der Waals surface area contributed by atoms with E-state index in [9.17, 15) is 0 Å². The Balaban J connectivity index is 2.22. The van der Waals surface area contributed by atoms with E-state index in [0.717, 1.165) is 13.2 Å². The van der Waals surface area contributed by atoms with E-state index in [1.165, 1.54) is 6.42 Å². The maximum atomic E-state index is 5.38. The molecule has 1 saturated heterocycles. The zero-order chi connectivity index (χ0) is 6.69. The van der Waals surface area contributed by atoms with Crippen LogP contribution in [0.3, 0.4) is 0 Å². The summed E-state index contributed by atoms with van der Waals surface area (Å²) < 4.78 is 10.4. The van der Waals surface area contributed by atoms with Crippen LogP contribution >= 0.6 is 0 Å². The molecule has 1 fully saturated rings. The molecule has 0 saturated carbocycles. The lowest BCUT2D eigenvalue weighted by atomic mass is 10.1. The summed E-state index contributed by atoms with van der Waals surface area (Å²) in [4.78, 5) is 0. The predicted molar refractivity (Wildman–Crippen MR) is 35.4 cm³/mol. The largest absolute Gasteiger partial charge is 0.382 e. The summed E-state index contributed by atoms with van der Waals surface area (Å²) in [6, 6.07) is 0. The van der Waals surface area contributed by atoms with Gasteiger partial charge in [0.15, 0.2) is 0 Å². The molecule has 1 aliphatic rings. The predicted octanol–water partition coefficient (Wildman–Crippen LogP) is 1.06. The molecular formula is C7H14O2. The Hall–Kier alpha value is -0.0800. The number of methoxy groups -OCH3 is 1. The molecule has 0 radical (unpaired) electrons. The molecule has 0 amide bonds. The van der Waals surface area contributed by atoms with E-state index in [4.69, 9.17) is 9.47 Å². The Morgan fingerprint density at radius 1 is 1.67 bits per heavy atom. The van der Waals surface area contributed by atoms with Crippen LogP contribution in [-0.2, 0) is 9.47 Å². The standard InChI is InChI=1S/C7H14O2/c1-6-3-4-9-7(6)5-8-2/h6-7H,3-5H2,1-2H3. The van der Waals surface area contributed by atoms with Crippen molar-refractivity contribution < 1.29 is 9.47 Å². The van der Waals surface area contributed by atoms with E-state index >= 15 is 0 Å². The summed E-state index contributed by atoms with van der Waals surface area (Å²) in [5.41, 5.74) is 0. The highest BCUT2D eigenvalue weighted by molar-refractivity contribution is 4.71. The summed E-state index contributed by atoms with van der Waals surface area (Å²) in [6.07, 6.45) is 1.54. The maximum absolute atomic E-state index is 5.38. The Morgan fingerprint density at radius 3 is 2.89 bits per heavy atom. The van der Waals surface area contributed by atoms with Gasteiger partial charge in [0.2, 0.25) is 0 Å². The molecule has 0 bridgehead atoms. The first-order valence-corrected chi connectivity index (χ1v) is 3.45. The third-order valence-electron chi connectivity index (χ3n) is 1.87. The molecule has 2 unspecified atom stereocenters. The lowest BCUT2D eigenvalue weighted by Crippen LogP contribution is -2.19. The molecule has 2 nitrogen and oxygen atoms in total. The molecule has 9 heavy (non-hydrogen) atoms. The Labute approximate surface area is 56.2 Å². The average molecular weight is 130 g/mol. The van der Waals surface area contributed by atoms with Gasteiger partial charge in [0, 0.05) is 13.7 Å². The highest BCUT2D eigenvalue weighted by atomic mass is 16.5. The zero-order valence-electron chi connectivity index (χ0n) is 6.09. The van der Waals surface area contributed by atoms with Gasteiger partial charge in [-0.05, 0) is 12.3 Å². The third-order valence-corrected chi connectivity index (χ3v) is 1.87. The van der Waals surface area contributed by atoms with Crippen LogP contribution in [0.15, 0.2) is 0 Å². The van der Waals surface area contributed by atoms with Crippen LogP contribution in [0, 0.1) is 5.92 Å². The van der Waals surface area contributed by atoms with Gasteiger partial charge in [-0.1, -0.05) is 6.92 Å². The first-order valence-electron chi connectivity index (χ1n) is 3.45. The van der Waals surface area contributed by atoms with E-state index in [2.05, 4.69) is 6.92 Å². The minimum atomic E-state index is 0.356. The molecule has 2 heteroatoms. The lowest BCUT2D eigenvalue weighted by Gasteiger charge is -2.11. The SMILES string of the molecule is COCC1OCCC1C. The van der Waals surface area contributed by atoms with Gasteiger partial charge in [0.25, 0.3) is 0 Å². The smallest absolute Gasteiger partial charge is 0.0834 e. The van der Waals surface area contributed by atoms with Crippen molar-refractivity contribution in [1.82, 2.24) is 0 Å². The monoisotopic (exact) mass is 130 g/mol. The molecule has 2 atom stereocenters. The van der Waals surface area contributed by atoms with E-state index in [1.54, 1.807) is 7.11 Å². The normalized spacial score (nSPS) is 35.3. The van der Waals surface area contributed by atoms with Crippen molar-refractivity contribution in [3.63, 3.8) is 0 Å². The number of hydrogen-bond acceptors (Lipinski definition) is 2. The van der Waals surface area contributed by atoms with E-state index in [-0.39, 0.29) is 0 Å². The highest BCUT2D eigenvalue weighted by Gasteiger charge is 2.23. The number of rotatable bonds is 2. The Kier molecular flexibility index (Phi) is 2.49. The molecule has 0 aromatic rings. The molecule has 0 aromatic carbocycles. The van der Waals surface area contributed by atoms with E-state index in [1.807, 2.05) is 0 Å². The van der Waals surface area contributed by atoms with Gasteiger partial charge in [-0.25, -0.2) is 0 Å². The molecular weight excluding hydrogens is 116 g/mol. The van der Waals surface area contributed by atoms with E-state index in [0.29, 0.717) is 12.0 Å². The molecule has 0 aromatic heterocycles. The highest BCUT2D eigenvalue weighted by Crippen LogP contribution is 2.19. The molecule has 1 rings (SSSR count). The molecule has 1 aliphatic heterocycles. The van der Waals surface area contributed by atoms with Crippen LogP contribution in [0.25, 0.3) is 0 Å². The maximum Gasteiger partial charge on any atom is 0.0834 e. The number of ether oxygens (including phenoxy) is 2. The van der Waals surface area contributed by atoms with Crippen molar-refractivity contribution in [3.05, 3.63) is 0 Å². The Morgan fingerprint density at radius 2 is 2.44 bits per heavy atom. The minimum Gasteiger partial charge on any atom is -0.382 e. The molecule has 0 N–H and O–H groups in total. The van der Waals surface area contributed by atoms with Crippen LogP contribution in [-0.4, -0.2) is 26.4 Å². The van der Waals surface area contributed by atoms with Crippen molar-refractivity contribution in [2.45, 2.75) is 19.4 Å². The summed E-state index contributed by atoms with van der Waals surface area (Å²) in [7, 11) is 1.72. The van der Waals surface area contributed by atoms with Gasteiger partial charge in [-0.3, -0.25) is 0 Å². The lowest BCUT2D eigenvalue weighted by molar-refractivity contribution is 0.0234. The Bertz CT molecular complexity index is 83.0.